The van der Waals surface area contributed by atoms with Crippen LogP contribution in [0.1, 0.15) is 16.8 Å². The van der Waals surface area contributed by atoms with E-state index in [9.17, 15) is 18.0 Å². The number of rotatable bonds is 5. The van der Waals surface area contributed by atoms with Gasteiger partial charge in [-0.3, -0.25) is 0 Å². The zero-order valence-corrected chi connectivity index (χ0v) is 21.8. The average molecular weight is 556 g/mol. The number of piperazine rings is 1. The number of carbonyl (C=O) groups excluding carboxylic acids is 1. The second kappa shape index (κ2) is 11.0. The molecule has 0 bridgehead atoms. The monoisotopic (exact) mass is 555 g/mol. The number of halogens is 4. The van der Waals surface area contributed by atoms with Crippen LogP contribution in [0, 0.1) is 0 Å². The molecule has 2 amide bonds. The number of hydrogen-bond donors (Lipinski definition) is 1. The lowest BCUT2D eigenvalue weighted by Gasteiger charge is -2.35. The zero-order valence-electron chi connectivity index (χ0n) is 21.0. The van der Waals surface area contributed by atoms with E-state index in [1.54, 1.807) is 12.0 Å². The summed E-state index contributed by atoms with van der Waals surface area (Å²) in [4.78, 5) is 16.4. The van der Waals surface area contributed by atoms with E-state index in [2.05, 4.69) is 20.4 Å². The number of urea groups is 1. The molecular formula is C28H25ClF3N5O2. The number of nitrogens with one attached hydrogen (secondary N) is 1. The van der Waals surface area contributed by atoms with Crippen LogP contribution in [0.2, 0.25) is 5.02 Å². The van der Waals surface area contributed by atoms with E-state index in [1.807, 2.05) is 48.5 Å². The van der Waals surface area contributed by atoms with Crippen molar-refractivity contribution in [2.24, 2.45) is 0 Å². The molecule has 0 atom stereocenters. The predicted molar refractivity (Wildman–Crippen MR) is 145 cm³/mol. The molecule has 1 aliphatic rings. The molecule has 202 valence electrons. The van der Waals surface area contributed by atoms with Gasteiger partial charge in [0, 0.05) is 49.1 Å². The fourth-order valence-electron chi connectivity index (χ4n) is 4.59. The summed E-state index contributed by atoms with van der Waals surface area (Å²) in [5, 5.41) is 13.2. The molecule has 5 rings (SSSR count). The van der Waals surface area contributed by atoms with Gasteiger partial charge in [0.05, 0.1) is 23.4 Å². The van der Waals surface area contributed by atoms with Crippen molar-refractivity contribution >= 4 is 39.9 Å². The van der Waals surface area contributed by atoms with Crippen molar-refractivity contribution in [1.29, 1.82) is 0 Å². The van der Waals surface area contributed by atoms with E-state index in [1.165, 1.54) is 6.07 Å². The summed E-state index contributed by atoms with van der Waals surface area (Å²) in [7, 11) is 1.63. The zero-order chi connectivity index (χ0) is 27.6. The van der Waals surface area contributed by atoms with Crippen LogP contribution in [0.15, 0.2) is 66.7 Å². The van der Waals surface area contributed by atoms with E-state index in [0.717, 1.165) is 45.7 Å². The topological polar surface area (TPSA) is 70.6 Å². The maximum Gasteiger partial charge on any atom is 0.417 e. The summed E-state index contributed by atoms with van der Waals surface area (Å²) in [5.74, 6) is 1.52. The minimum absolute atomic E-state index is 0.0310. The van der Waals surface area contributed by atoms with Crippen molar-refractivity contribution in [1.82, 2.24) is 15.1 Å². The molecule has 3 aromatic carbocycles. The highest BCUT2D eigenvalue weighted by Crippen LogP contribution is 2.36. The number of nitrogens with zero attached hydrogens (tertiary/aromatic N) is 4. The summed E-state index contributed by atoms with van der Waals surface area (Å²) in [5.41, 5.74) is 0.987. The molecule has 39 heavy (non-hydrogen) atoms. The third kappa shape index (κ3) is 5.85. The summed E-state index contributed by atoms with van der Waals surface area (Å²) < 4.78 is 44.7. The van der Waals surface area contributed by atoms with Gasteiger partial charge in [-0.1, -0.05) is 48.0 Å². The summed E-state index contributed by atoms with van der Waals surface area (Å²) in [6, 6.07) is 18.6. The lowest BCUT2D eigenvalue weighted by Crippen LogP contribution is -2.50. The van der Waals surface area contributed by atoms with Crippen LogP contribution in [0.5, 0.6) is 5.75 Å². The van der Waals surface area contributed by atoms with E-state index in [-0.39, 0.29) is 5.69 Å². The van der Waals surface area contributed by atoms with Gasteiger partial charge >= 0.3 is 12.2 Å². The normalized spacial score (nSPS) is 14.0. The SMILES string of the molecule is COc1ccc(Cc2nnc(N3CCN(C(=O)Nc4ccc(Cl)c(C(F)(F)F)c4)CC3)c3ccccc23)cc1. The van der Waals surface area contributed by atoms with Gasteiger partial charge < -0.3 is 19.9 Å². The fraction of sp³-hybridized carbons (Fsp3) is 0.250. The van der Waals surface area contributed by atoms with Gasteiger partial charge in [-0.15, -0.1) is 5.10 Å². The van der Waals surface area contributed by atoms with E-state index in [4.69, 9.17) is 16.3 Å². The van der Waals surface area contributed by atoms with Crippen LogP contribution in [0.3, 0.4) is 0 Å². The molecule has 1 N–H and O–H groups in total. The van der Waals surface area contributed by atoms with Crippen molar-refractivity contribution in [3.63, 3.8) is 0 Å². The molecule has 2 heterocycles. The lowest BCUT2D eigenvalue weighted by atomic mass is 10.0. The number of aromatic nitrogens is 2. The standard InChI is InChI=1S/C28H25ClF3N5O2/c1-39-20-9-6-18(7-10-20)16-25-21-4-2-3-5-22(21)26(35-34-25)36-12-14-37(15-13-36)27(38)33-19-8-11-24(29)23(17-19)28(30,31)32/h2-11,17H,12-16H2,1H3,(H,33,38). The number of amides is 2. The number of carbonyl (C=O) groups is 1. The number of anilines is 2. The van der Waals surface area contributed by atoms with Crippen LogP contribution in [0.25, 0.3) is 10.8 Å². The van der Waals surface area contributed by atoms with Crippen LogP contribution in [-0.2, 0) is 12.6 Å². The first-order chi connectivity index (χ1) is 18.7. The Morgan fingerprint density at radius 3 is 2.33 bits per heavy atom. The molecule has 1 aliphatic heterocycles. The van der Waals surface area contributed by atoms with Crippen LogP contribution in [0.4, 0.5) is 29.5 Å². The van der Waals surface area contributed by atoms with Crippen LogP contribution >= 0.6 is 11.6 Å². The third-order valence-corrected chi connectivity index (χ3v) is 6.99. The highest BCUT2D eigenvalue weighted by Gasteiger charge is 2.33. The van der Waals surface area contributed by atoms with Crippen molar-refractivity contribution in [3.8, 4) is 5.75 Å². The van der Waals surface area contributed by atoms with Crippen molar-refractivity contribution in [2.75, 3.05) is 43.5 Å². The fourth-order valence-corrected chi connectivity index (χ4v) is 4.81. The summed E-state index contributed by atoms with van der Waals surface area (Å²) in [6.45, 7) is 1.74. The minimum Gasteiger partial charge on any atom is -0.497 e. The molecule has 4 aromatic rings. The maximum atomic E-state index is 13.2. The third-order valence-electron chi connectivity index (χ3n) is 6.66. The quantitative estimate of drug-likeness (QED) is 0.315. The maximum absolute atomic E-state index is 13.2. The highest BCUT2D eigenvalue weighted by atomic mass is 35.5. The number of alkyl halides is 3. The van der Waals surface area contributed by atoms with Crippen LogP contribution in [-0.4, -0.2) is 54.4 Å². The number of methoxy groups -OCH3 is 1. The van der Waals surface area contributed by atoms with Gasteiger partial charge in [0.25, 0.3) is 0 Å². The molecule has 0 radical (unpaired) electrons. The van der Waals surface area contributed by atoms with Gasteiger partial charge in [0.2, 0.25) is 0 Å². The Kier molecular flexibility index (Phi) is 7.47. The summed E-state index contributed by atoms with van der Waals surface area (Å²) in [6.07, 6.45) is -4.00. The average Bonchev–Trinajstić information content (AvgIpc) is 2.94. The molecule has 7 nitrogen and oxygen atoms in total. The van der Waals surface area contributed by atoms with Gasteiger partial charge in [-0.2, -0.15) is 18.3 Å². The van der Waals surface area contributed by atoms with Gasteiger partial charge in [0.15, 0.2) is 5.82 Å². The van der Waals surface area contributed by atoms with Gasteiger partial charge in [-0.25, -0.2) is 4.79 Å². The smallest absolute Gasteiger partial charge is 0.417 e. The Morgan fingerprint density at radius 2 is 1.67 bits per heavy atom. The Labute approximate surface area is 228 Å². The first-order valence-electron chi connectivity index (χ1n) is 12.3. The van der Waals surface area contributed by atoms with E-state index < -0.39 is 22.8 Å². The Bertz CT molecular complexity index is 1490. The molecule has 0 unspecified atom stereocenters. The van der Waals surface area contributed by atoms with Gasteiger partial charge in [-0.05, 0) is 35.9 Å². The first kappa shape index (κ1) is 26.6. The van der Waals surface area contributed by atoms with Gasteiger partial charge in [0.1, 0.15) is 5.75 Å². The molecule has 1 saturated heterocycles. The number of benzene rings is 3. The molecule has 1 fully saturated rings. The number of ether oxygens (including phenoxy) is 1. The summed E-state index contributed by atoms with van der Waals surface area (Å²) >= 11 is 5.68. The van der Waals surface area contributed by atoms with Crippen molar-refractivity contribution in [3.05, 3.63) is 88.6 Å². The molecular weight excluding hydrogens is 531 g/mol. The second-order valence-electron chi connectivity index (χ2n) is 9.14. The lowest BCUT2D eigenvalue weighted by molar-refractivity contribution is -0.137. The molecule has 0 spiro atoms. The Balaban J connectivity index is 1.27. The number of fused-ring (bicyclic) bond motifs is 1. The molecule has 0 aliphatic carbocycles. The largest absolute Gasteiger partial charge is 0.497 e. The Hall–Kier alpha value is -4.05. The second-order valence-corrected chi connectivity index (χ2v) is 9.54. The van der Waals surface area contributed by atoms with Crippen molar-refractivity contribution in [2.45, 2.75) is 12.6 Å². The van der Waals surface area contributed by atoms with E-state index >= 15 is 0 Å². The molecule has 0 saturated carbocycles. The van der Waals surface area contributed by atoms with Crippen molar-refractivity contribution < 1.29 is 22.7 Å². The molecule has 11 heteroatoms. The Morgan fingerprint density at radius 1 is 0.974 bits per heavy atom. The highest BCUT2D eigenvalue weighted by molar-refractivity contribution is 6.31. The van der Waals surface area contributed by atoms with E-state index in [0.29, 0.717) is 32.6 Å². The minimum atomic E-state index is -4.61. The number of hydrogen-bond acceptors (Lipinski definition) is 5. The molecule has 1 aromatic heterocycles. The van der Waals surface area contributed by atoms with Crippen LogP contribution < -0.4 is 15.0 Å². The first-order valence-corrected chi connectivity index (χ1v) is 12.7. The predicted octanol–water partition coefficient (Wildman–Crippen LogP) is 6.26.